The van der Waals surface area contributed by atoms with E-state index in [1.165, 1.54) is 170 Å². The number of nitrogens with zero attached hydrogens (tertiary/aromatic N) is 5. The van der Waals surface area contributed by atoms with Gasteiger partial charge in [0.25, 0.3) is 0 Å². The van der Waals surface area contributed by atoms with Crippen molar-refractivity contribution < 1.29 is 13.3 Å². The van der Waals surface area contributed by atoms with Crippen molar-refractivity contribution in [3.63, 3.8) is 0 Å². The molecule has 564 valence electrons. The SMILES string of the molecule is CC.CC.CC.CC.CC.CC.CC.CC.CC.CC.CC.CC.CC.CC.CC.CC.c1cc2c([nH]1)CCC2.c1cc2c(o1)CCC2.c1cc2c(s1)CCC2.c1ccc2[nH]ccc2c1.c1cnc2ncoc2c1.c1nc2c([nH]1)CCC2.c1nc2c(o1)CCC2.c1nc2c(s1)CCC2. The second-order valence-corrected chi connectivity index (χ2v) is 18.8. The summed E-state index contributed by atoms with van der Waals surface area (Å²) in [4.78, 5) is 32.8. The number of hydrogen-bond acceptors (Lipinski definition) is 10. The van der Waals surface area contributed by atoms with Crippen LogP contribution in [-0.4, -0.2) is 39.9 Å². The Morgan fingerprint density at radius 1 is 0.337 bits per heavy atom. The molecule has 11 nitrogen and oxygen atoms in total. The van der Waals surface area contributed by atoms with Gasteiger partial charge in [0.2, 0.25) is 0 Å². The van der Waals surface area contributed by atoms with Crippen LogP contribution >= 0.6 is 22.7 Å². The average molecular weight is 1400 g/mol. The second-order valence-electron chi connectivity index (χ2n) is 16.9. The molecule has 9 heterocycles. The number of rotatable bonds is 0. The highest BCUT2D eigenvalue weighted by molar-refractivity contribution is 7.10. The van der Waals surface area contributed by atoms with Gasteiger partial charge in [-0.1, -0.05) is 240 Å². The smallest absolute Gasteiger partial charge is 0.198 e. The number of aryl methyl sites for hydroxylation is 12. The molecule has 3 N–H and O–H groups in total. The summed E-state index contributed by atoms with van der Waals surface area (Å²) in [6.07, 6.45) is 34.7. The Balaban J connectivity index is -0.000000149. The van der Waals surface area contributed by atoms with Gasteiger partial charge in [0.05, 0.1) is 35.2 Å². The van der Waals surface area contributed by atoms with E-state index in [9.17, 15) is 0 Å². The zero-order valence-electron chi connectivity index (χ0n) is 69.5. The molecular weight excluding hydrogens is 1250 g/mol. The lowest BCUT2D eigenvalue weighted by Crippen LogP contribution is -1.74. The lowest BCUT2D eigenvalue weighted by molar-refractivity contribution is 0.508. The van der Waals surface area contributed by atoms with Crippen molar-refractivity contribution in [2.75, 3.05) is 0 Å². The number of thiophene rings is 1. The third kappa shape index (κ3) is 46.1. The summed E-state index contributed by atoms with van der Waals surface area (Å²) >= 11 is 3.71. The molecule has 0 aliphatic heterocycles. The molecule has 0 fully saturated rings. The Morgan fingerprint density at radius 2 is 0.857 bits per heavy atom. The van der Waals surface area contributed by atoms with Gasteiger partial charge in [-0.15, -0.1) is 22.7 Å². The van der Waals surface area contributed by atoms with Gasteiger partial charge in [-0.05, 0) is 173 Å². The van der Waals surface area contributed by atoms with Crippen LogP contribution in [0, 0.1) is 0 Å². The van der Waals surface area contributed by atoms with Crippen LogP contribution < -0.4 is 0 Å². The van der Waals surface area contributed by atoms with Crippen LogP contribution in [0.5, 0.6) is 0 Å². The molecule has 0 bridgehead atoms. The summed E-state index contributed by atoms with van der Waals surface area (Å²) in [6.45, 7) is 64.0. The number of fused-ring (bicyclic) bond motifs is 8. The molecule has 10 aromatic rings. The van der Waals surface area contributed by atoms with Crippen LogP contribution in [-0.2, 0) is 77.0 Å². The fourth-order valence-electron chi connectivity index (χ4n) is 9.00. The van der Waals surface area contributed by atoms with E-state index in [0.29, 0.717) is 5.65 Å². The van der Waals surface area contributed by atoms with Crippen molar-refractivity contribution in [3.05, 3.63) is 182 Å². The number of H-pyrrole nitrogens is 3. The lowest BCUT2D eigenvalue weighted by atomic mass is 10.3. The first kappa shape index (κ1) is 108. The van der Waals surface area contributed by atoms with E-state index in [1.54, 1.807) is 40.6 Å². The number of para-hydroxylation sites is 1. The maximum absolute atomic E-state index is 5.18. The molecule has 98 heavy (non-hydrogen) atoms. The Kier molecular flexibility index (Phi) is 95.3. The molecule has 9 aromatic heterocycles. The summed E-state index contributed by atoms with van der Waals surface area (Å²) in [6, 6.07) is 20.4. The predicted octanol–water partition coefficient (Wildman–Crippen LogP) is 29.0. The zero-order valence-corrected chi connectivity index (χ0v) is 71.1. The quantitative estimate of drug-likeness (QED) is 0.136. The molecule has 0 amide bonds. The van der Waals surface area contributed by atoms with Crippen molar-refractivity contribution in [2.24, 2.45) is 0 Å². The van der Waals surface area contributed by atoms with Crippen LogP contribution in [0.4, 0.5) is 0 Å². The predicted molar refractivity (Wildman–Crippen MR) is 445 cm³/mol. The molecule has 16 rings (SSSR count). The third-order valence-electron chi connectivity index (χ3n) is 12.5. The lowest BCUT2D eigenvalue weighted by Gasteiger charge is -1.83. The molecule has 0 saturated carbocycles. The molecule has 6 aliphatic rings. The molecule has 1 aromatic carbocycles. The minimum atomic E-state index is 0.664. The molecule has 0 unspecified atom stereocenters. The highest BCUT2D eigenvalue weighted by Crippen LogP contribution is 2.27. The summed E-state index contributed by atoms with van der Waals surface area (Å²) in [5.41, 5.74) is 15.7. The largest absolute Gasteiger partial charge is 0.469 e. The second kappa shape index (κ2) is 86.8. The minimum Gasteiger partial charge on any atom is -0.469 e. The van der Waals surface area contributed by atoms with Gasteiger partial charge >= 0.3 is 0 Å². The number of aromatic amines is 3. The van der Waals surface area contributed by atoms with E-state index in [0.717, 1.165) is 30.6 Å². The number of pyridine rings is 1. The van der Waals surface area contributed by atoms with Crippen LogP contribution in [0.2, 0.25) is 0 Å². The number of nitrogens with one attached hydrogen (secondary N) is 3. The van der Waals surface area contributed by atoms with E-state index in [-0.39, 0.29) is 0 Å². The Morgan fingerprint density at radius 3 is 1.45 bits per heavy atom. The standard InChI is InChI=1S/C8H7N.C7H9N.C7H8O.C7H8S.C6H4N2O.C6H8N2.C6H7NO.C6H7NS.16C2H6/c1-2-4-8-7(3-1)5-6-9-8;3*1-2-6-4-5-8-7(6)3-1;1-2-5-6(7-3-1)8-4-9-5;3*1-2-5-6(3-1)8-4-7-5;16*1-2/h1-6,9H;4-5,8H,1-3H2;2*4-5H,1-3H2;1-4H;4H,1-3H2,(H,7,8);2*4H,1-3H2;16*1-2H3. The van der Waals surface area contributed by atoms with E-state index >= 15 is 0 Å². The molecule has 0 saturated heterocycles. The van der Waals surface area contributed by atoms with Crippen molar-refractivity contribution in [2.45, 2.75) is 337 Å². The molecule has 0 atom stereocenters. The molecule has 0 radical (unpaired) electrons. The van der Waals surface area contributed by atoms with Gasteiger partial charge in [0.1, 0.15) is 11.5 Å². The van der Waals surface area contributed by atoms with Crippen molar-refractivity contribution in [1.29, 1.82) is 0 Å². The monoisotopic (exact) mass is 1400 g/mol. The number of hydrogen-bond donors (Lipinski definition) is 3. The van der Waals surface area contributed by atoms with E-state index in [4.69, 9.17) is 13.3 Å². The first-order valence-corrected chi connectivity index (χ1v) is 41.2. The third-order valence-corrected chi connectivity index (χ3v) is 14.4. The summed E-state index contributed by atoms with van der Waals surface area (Å²) < 4.78 is 15.2. The van der Waals surface area contributed by atoms with Crippen molar-refractivity contribution in [1.82, 2.24) is 39.9 Å². The summed E-state index contributed by atoms with van der Waals surface area (Å²) in [5, 5.41) is 3.47. The van der Waals surface area contributed by atoms with Gasteiger partial charge in [-0.3, -0.25) is 0 Å². The number of thiazole rings is 1. The van der Waals surface area contributed by atoms with E-state index in [1.807, 2.05) is 275 Å². The first-order valence-electron chi connectivity index (χ1n) is 39.5. The van der Waals surface area contributed by atoms with Crippen LogP contribution in [0.3, 0.4) is 0 Å². The average Bonchev–Trinajstić information content (AvgIpc) is 2.00. The Hall–Kier alpha value is -6.31. The Labute approximate surface area is 613 Å². The topological polar surface area (TPSA) is 151 Å². The minimum absolute atomic E-state index is 0.664. The fraction of sp³-hybridized carbons (Fsp3) is 0.588. The van der Waals surface area contributed by atoms with E-state index < -0.39 is 0 Å². The fourth-order valence-corrected chi connectivity index (χ4v) is 10.8. The normalized spacial score (nSPS) is 10.9. The molecular formula is C85H154N8O3S2. The number of imidazole rings is 1. The summed E-state index contributed by atoms with van der Waals surface area (Å²) in [5.74, 6) is 2.31. The van der Waals surface area contributed by atoms with Crippen LogP contribution in [0.25, 0.3) is 22.1 Å². The van der Waals surface area contributed by atoms with Gasteiger partial charge in [-0.25, -0.2) is 19.9 Å². The maximum atomic E-state index is 5.18. The van der Waals surface area contributed by atoms with Gasteiger partial charge in [-0.2, -0.15) is 4.98 Å². The van der Waals surface area contributed by atoms with Crippen molar-refractivity contribution >= 4 is 44.8 Å². The molecule has 0 spiro atoms. The number of furan rings is 1. The highest BCUT2D eigenvalue weighted by atomic mass is 32.1. The van der Waals surface area contributed by atoms with Gasteiger partial charge < -0.3 is 28.2 Å². The number of benzene rings is 1. The number of oxazole rings is 2. The van der Waals surface area contributed by atoms with Crippen molar-refractivity contribution in [3.8, 4) is 0 Å². The Bertz CT molecular complexity index is 2390. The van der Waals surface area contributed by atoms with Gasteiger partial charge in [0, 0.05) is 58.1 Å². The first-order chi connectivity index (χ1) is 48.7. The molecule has 13 heteroatoms. The van der Waals surface area contributed by atoms with Crippen LogP contribution in [0.1, 0.15) is 327 Å². The summed E-state index contributed by atoms with van der Waals surface area (Å²) in [7, 11) is 0. The zero-order chi connectivity index (χ0) is 76.6. The number of aromatic nitrogens is 8. The molecule has 6 aliphatic carbocycles. The van der Waals surface area contributed by atoms with Crippen LogP contribution in [0.15, 0.2) is 129 Å². The highest BCUT2D eigenvalue weighted by Gasteiger charge is 2.15. The van der Waals surface area contributed by atoms with Gasteiger partial charge in [0.15, 0.2) is 24.0 Å². The maximum Gasteiger partial charge on any atom is 0.198 e. The van der Waals surface area contributed by atoms with E-state index in [2.05, 4.69) is 81.7 Å².